The van der Waals surface area contributed by atoms with Crippen LogP contribution in [0.3, 0.4) is 0 Å². The van der Waals surface area contributed by atoms with Gasteiger partial charge in [-0.1, -0.05) is 30.3 Å². The summed E-state index contributed by atoms with van der Waals surface area (Å²) in [6, 6.07) is 15.7. The third-order valence-electron chi connectivity index (χ3n) is 3.72. The molecule has 0 saturated carbocycles. The molecule has 3 rings (SSSR count). The lowest BCUT2D eigenvalue weighted by atomic mass is 10.1. The molecule has 0 fully saturated rings. The van der Waals surface area contributed by atoms with Crippen molar-refractivity contribution in [1.82, 2.24) is 0 Å². The van der Waals surface area contributed by atoms with E-state index in [1.54, 1.807) is 13.0 Å². The largest absolute Gasteiger partial charge is 0.488 e. The molecule has 0 aliphatic carbocycles. The Kier molecular flexibility index (Phi) is 5.19. The Hall–Kier alpha value is -3.01. The molecule has 3 aromatic rings. The van der Waals surface area contributed by atoms with Crippen LogP contribution in [0.1, 0.15) is 23.8 Å². The number of benzene rings is 2. The van der Waals surface area contributed by atoms with Crippen LogP contribution in [0, 0.1) is 6.92 Å². The van der Waals surface area contributed by atoms with Crippen LogP contribution >= 0.6 is 0 Å². The highest BCUT2D eigenvalue weighted by Gasteiger charge is 2.11. The van der Waals surface area contributed by atoms with Gasteiger partial charge >= 0.3 is 5.97 Å². The molecule has 0 spiro atoms. The third kappa shape index (κ3) is 4.10. The van der Waals surface area contributed by atoms with Gasteiger partial charge in [-0.2, -0.15) is 0 Å². The summed E-state index contributed by atoms with van der Waals surface area (Å²) in [7, 11) is 0. The highest BCUT2D eigenvalue weighted by atomic mass is 16.5. The zero-order chi connectivity index (χ0) is 17.6. The number of hydrogen-bond acceptors (Lipinski definition) is 4. The van der Waals surface area contributed by atoms with E-state index in [1.165, 1.54) is 6.08 Å². The van der Waals surface area contributed by atoms with E-state index in [2.05, 4.69) is 0 Å². The topological polar surface area (TPSA) is 48.7 Å². The number of carbonyl (C=O) groups excluding carboxylic acids is 1. The molecular weight excluding hydrogens is 316 g/mol. The summed E-state index contributed by atoms with van der Waals surface area (Å²) in [4.78, 5) is 11.5. The number of fused-ring (bicyclic) bond motifs is 1. The molecule has 128 valence electrons. The number of aryl methyl sites for hydroxylation is 1. The molecule has 0 radical (unpaired) electrons. The first-order valence-electron chi connectivity index (χ1n) is 8.22. The van der Waals surface area contributed by atoms with Gasteiger partial charge in [0.1, 0.15) is 23.7 Å². The van der Waals surface area contributed by atoms with Crippen molar-refractivity contribution in [2.24, 2.45) is 0 Å². The Morgan fingerprint density at radius 2 is 1.96 bits per heavy atom. The van der Waals surface area contributed by atoms with Crippen molar-refractivity contribution in [3.63, 3.8) is 0 Å². The van der Waals surface area contributed by atoms with Gasteiger partial charge < -0.3 is 13.9 Å². The van der Waals surface area contributed by atoms with Crippen molar-refractivity contribution in [3.05, 3.63) is 71.5 Å². The van der Waals surface area contributed by atoms with E-state index in [0.29, 0.717) is 18.8 Å². The smallest absolute Gasteiger partial charge is 0.330 e. The fourth-order valence-corrected chi connectivity index (χ4v) is 2.58. The van der Waals surface area contributed by atoms with Gasteiger partial charge in [0, 0.05) is 11.6 Å². The van der Waals surface area contributed by atoms with E-state index >= 15 is 0 Å². The van der Waals surface area contributed by atoms with Gasteiger partial charge in [0.25, 0.3) is 0 Å². The van der Waals surface area contributed by atoms with Gasteiger partial charge in [-0.15, -0.1) is 0 Å². The van der Waals surface area contributed by atoms with Crippen LogP contribution in [0.5, 0.6) is 5.75 Å². The maximum atomic E-state index is 11.5. The molecule has 1 aromatic heterocycles. The summed E-state index contributed by atoms with van der Waals surface area (Å²) in [5.74, 6) is 1.17. The van der Waals surface area contributed by atoms with Gasteiger partial charge in [-0.3, -0.25) is 0 Å². The van der Waals surface area contributed by atoms with E-state index in [4.69, 9.17) is 13.9 Å². The first-order valence-corrected chi connectivity index (χ1v) is 8.22. The number of furan rings is 1. The SMILES string of the molecule is CCOC(=O)/C=C/c1ccc(OCc2ccccc2)c2cc(C)oc12. The lowest BCUT2D eigenvalue weighted by molar-refractivity contribution is -0.137. The minimum atomic E-state index is -0.372. The maximum Gasteiger partial charge on any atom is 0.330 e. The van der Waals surface area contributed by atoms with Crippen LogP contribution in [0.4, 0.5) is 0 Å². The second-order valence-corrected chi connectivity index (χ2v) is 5.61. The maximum absolute atomic E-state index is 11.5. The average molecular weight is 336 g/mol. The number of ether oxygens (including phenoxy) is 2. The van der Waals surface area contributed by atoms with Crippen LogP contribution in [0.2, 0.25) is 0 Å². The molecular formula is C21H20O4. The molecule has 4 nitrogen and oxygen atoms in total. The number of esters is 1. The number of hydrogen-bond donors (Lipinski definition) is 0. The Bertz CT molecular complexity index is 891. The standard InChI is InChI=1S/C21H20O4/c1-3-23-20(22)12-10-17-9-11-19(18-13-15(2)25-21(17)18)24-14-16-7-5-4-6-8-16/h4-13H,3,14H2,1-2H3/b12-10+. The van der Waals surface area contributed by atoms with Crippen molar-refractivity contribution in [2.45, 2.75) is 20.5 Å². The Balaban J connectivity index is 1.86. The second kappa shape index (κ2) is 7.71. The van der Waals surface area contributed by atoms with E-state index in [9.17, 15) is 4.79 Å². The van der Waals surface area contributed by atoms with Crippen LogP contribution < -0.4 is 4.74 Å². The summed E-state index contributed by atoms with van der Waals surface area (Å²) in [6.45, 7) is 4.50. The molecule has 0 aliphatic heterocycles. The molecule has 0 saturated heterocycles. The number of rotatable bonds is 6. The van der Waals surface area contributed by atoms with Crippen LogP contribution in [0.25, 0.3) is 17.0 Å². The first kappa shape index (κ1) is 16.8. The molecule has 0 bridgehead atoms. The normalized spacial score (nSPS) is 11.1. The van der Waals surface area contributed by atoms with E-state index in [-0.39, 0.29) is 5.97 Å². The lowest BCUT2D eigenvalue weighted by Gasteiger charge is -2.08. The van der Waals surface area contributed by atoms with E-state index in [1.807, 2.05) is 55.5 Å². The predicted octanol–water partition coefficient (Wildman–Crippen LogP) is 4.90. The highest BCUT2D eigenvalue weighted by Crippen LogP contribution is 2.32. The Morgan fingerprint density at radius 3 is 2.72 bits per heavy atom. The summed E-state index contributed by atoms with van der Waals surface area (Å²) in [6.07, 6.45) is 3.10. The monoisotopic (exact) mass is 336 g/mol. The summed E-state index contributed by atoms with van der Waals surface area (Å²) in [5, 5.41) is 0.888. The van der Waals surface area contributed by atoms with Gasteiger partial charge in [0.05, 0.1) is 12.0 Å². The van der Waals surface area contributed by atoms with Gasteiger partial charge in [0.15, 0.2) is 0 Å². The van der Waals surface area contributed by atoms with Crippen molar-refractivity contribution in [2.75, 3.05) is 6.61 Å². The zero-order valence-electron chi connectivity index (χ0n) is 14.3. The van der Waals surface area contributed by atoms with E-state index < -0.39 is 0 Å². The fraction of sp³-hybridized carbons (Fsp3) is 0.190. The van der Waals surface area contributed by atoms with Gasteiger partial charge in [-0.05, 0) is 43.7 Å². The summed E-state index contributed by atoms with van der Waals surface area (Å²) >= 11 is 0. The third-order valence-corrected chi connectivity index (χ3v) is 3.72. The van der Waals surface area contributed by atoms with Crippen molar-refractivity contribution in [1.29, 1.82) is 0 Å². The van der Waals surface area contributed by atoms with Crippen LogP contribution in [-0.4, -0.2) is 12.6 Å². The van der Waals surface area contributed by atoms with Crippen molar-refractivity contribution >= 4 is 23.0 Å². The molecule has 25 heavy (non-hydrogen) atoms. The lowest BCUT2D eigenvalue weighted by Crippen LogP contribution is -1.98. The Morgan fingerprint density at radius 1 is 1.16 bits per heavy atom. The quantitative estimate of drug-likeness (QED) is 0.475. The minimum absolute atomic E-state index is 0.352. The molecule has 0 aliphatic rings. The fourth-order valence-electron chi connectivity index (χ4n) is 2.58. The Labute approximate surface area is 146 Å². The molecule has 1 heterocycles. The molecule has 0 N–H and O–H groups in total. The molecule has 0 atom stereocenters. The predicted molar refractivity (Wildman–Crippen MR) is 97.4 cm³/mol. The summed E-state index contributed by atoms with van der Waals surface area (Å²) < 4.78 is 16.7. The van der Waals surface area contributed by atoms with Gasteiger partial charge in [-0.25, -0.2) is 4.79 Å². The van der Waals surface area contributed by atoms with Crippen molar-refractivity contribution in [3.8, 4) is 5.75 Å². The second-order valence-electron chi connectivity index (χ2n) is 5.61. The molecule has 0 amide bonds. The molecule has 0 unspecified atom stereocenters. The van der Waals surface area contributed by atoms with Crippen LogP contribution in [-0.2, 0) is 16.1 Å². The van der Waals surface area contributed by atoms with E-state index in [0.717, 1.165) is 28.0 Å². The van der Waals surface area contributed by atoms with Crippen molar-refractivity contribution < 1.29 is 18.7 Å². The molecule has 2 aromatic carbocycles. The zero-order valence-corrected chi connectivity index (χ0v) is 14.3. The average Bonchev–Trinajstić information content (AvgIpc) is 3.01. The number of carbonyl (C=O) groups is 1. The minimum Gasteiger partial charge on any atom is -0.488 e. The molecule has 4 heteroatoms. The van der Waals surface area contributed by atoms with Crippen LogP contribution in [0.15, 0.2) is 59.0 Å². The van der Waals surface area contributed by atoms with Gasteiger partial charge in [0.2, 0.25) is 0 Å². The highest BCUT2D eigenvalue weighted by molar-refractivity contribution is 5.95. The summed E-state index contributed by atoms with van der Waals surface area (Å²) in [5.41, 5.74) is 2.61. The first-order chi connectivity index (χ1) is 12.2.